The van der Waals surface area contributed by atoms with E-state index in [9.17, 15) is 4.79 Å². The van der Waals surface area contributed by atoms with Gasteiger partial charge in [-0.15, -0.1) is 0 Å². The highest BCUT2D eigenvalue weighted by atomic mass is 16.5. The first kappa shape index (κ1) is 9.85. The van der Waals surface area contributed by atoms with Crippen molar-refractivity contribution in [3.63, 3.8) is 0 Å². The van der Waals surface area contributed by atoms with Gasteiger partial charge < -0.3 is 5.21 Å². The lowest BCUT2D eigenvalue weighted by Gasteiger charge is -2.16. The summed E-state index contributed by atoms with van der Waals surface area (Å²) in [6, 6.07) is 3.32. The molecule has 1 aromatic rings. The number of carbonyl (C=O) groups excluding carboxylic acids is 1. The molecule has 0 bridgehead atoms. The molecule has 1 rings (SSSR count). The van der Waals surface area contributed by atoms with Crippen molar-refractivity contribution in [3.05, 3.63) is 18.5 Å². The number of nitriles is 1. The van der Waals surface area contributed by atoms with E-state index in [2.05, 4.69) is 15.5 Å². The molecule has 0 aliphatic rings. The van der Waals surface area contributed by atoms with Gasteiger partial charge in [-0.3, -0.25) is 4.79 Å². The van der Waals surface area contributed by atoms with Gasteiger partial charge in [-0.05, 0) is 13.0 Å². The first-order chi connectivity index (χ1) is 6.65. The molecular formula is C7H7N5O2. The lowest BCUT2D eigenvalue weighted by molar-refractivity contribution is -0.124. The molecule has 7 nitrogen and oxygen atoms in total. The van der Waals surface area contributed by atoms with E-state index < -0.39 is 11.4 Å². The van der Waals surface area contributed by atoms with Crippen molar-refractivity contribution >= 4 is 5.91 Å². The number of amides is 1. The van der Waals surface area contributed by atoms with E-state index in [0.29, 0.717) is 0 Å². The van der Waals surface area contributed by atoms with Crippen LogP contribution in [-0.4, -0.2) is 20.9 Å². The maximum atomic E-state index is 11.3. The van der Waals surface area contributed by atoms with Crippen molar-refractivity contribution in [1.82, 2.24) is 9.78 Å². The van der Waals surface area contributed by atoms with Crippen LogP contribution < -0.4 is 0 Å². The largest absolute Gasteiger partial charge is 0.394 e. The summed E-state index contributed by atoms with van der Waals surface area (Å²) in [7, 11) is 0. The molecule has 0 fully saturated rings. The zero-order valence-electron chi connectivity index (χ0n) is 7.32. The average molecular weight is 193 g/mol. The van der Waals surface area contributed by atoms with E-state index in [1.807, 2.05) is 0 Å². The van der Waals surface area contributed by atoms with Gasteiger partial charge in [-0.2, -0.15) is 10.4 Å². The predicted molar refractivity (Wildman–Crippen MR) is 43.1 cm³/mol. The third kappa shape index (κ3) is 1.45. The van der Waals surface area contributed by atoms with Crippen LogP contribution in [-0.2, 0) is 10.3 Å². The predicted octanol–water partition coefficient (Wildman–Crippen LogP) is 0.490. The molecule has 1 unspecified atom stereocenters. The highest BCUT2D eigenvalue weighted by Crippen LogP contribution is 2.15. The van der Waals surface area contributed by atoms with Crippen molar-refractivity contribution < 1.29 is 10.0 Å². The molecule has 1 atom stereocenters. The topological polar surface area (TPSA) is 104 Å². The fourth-order valence-corrected chi connectivity index (χ4v) is 0.868. The highest BCUT2D eigenvalue weighted by molar-refractivity contribution is 5.87. The van der Waals surface area contributed by atoms with E-state index in [1.165, 1.54) is 19.3 Å². The SMILES string of the molecule is CC(C#N)(C(=O)N=NO)n1cccn1. The normalized spacial score (nSPS) is 14.9. The van der Waals surface area contributed by atoms with Gasteiger partial charge in [0.05, 0.1) is 0 Å². The van der Waals surface area contributed by atoms with Gasteiger partial charge in [0.1, 0.15) is 6.07 Å². The smallest absolute Gasteiger partial charge is 0.309 e. The van der Waals surface area contributed by atoms with Crippen molar-refractivity contribution in [2.24, 2.45) is 10.4 Å². The molecule has 0 saturated heterocycles. The summed E-state index contributed by atoms with van der Waals surface area (Å²) in [5.74, 6) is -0.883. The molecule has 0 aromatic carbocycles. The second-order valence-corrected chi connectivity index (χ2v) is 2.63. The zero-order valence-corrected chi connectivity index (χ0v) is 7.32. The quantitative estimate of drug-likeness (QED) is 0.545. The van der Waals surface area contributed by atoms with E-state index >= 15 is 0 Å². The van der Waals surface area contributed by atoms with Crippen molar-refractivity contribution in [2.75, 3.05) is 0 Å². The number of aromatic nitrogens is 2. The Morgan fingerprint density at radius 3 is 2.93 bits per heavy atom. The number of hydrogen-bond acceptors (Lipinski definition) is 4. The molecule has 1 aromatic heterocycles. The van der Waals surface area contributed by atoms with Gasteiger partial charge in [-0.1, -0.05) is 5.11 Å². The van der Waals surface area contributed by atoms with E-state index in [0.717, 1.165) is 4.68 Å². The molecule has 72 valence electrons. The molecule has 1 amide bonds. The molecular weight excluding hydrogens is 186 g/mol. The Kier molecular flexibility index (Phi) is 2.57. The van der Waals surface area contributed by atoms with Gasteiger partial charge in [0.15, 0.2) is 0 Å². The molecule has 1 heterocycles. The first-order valence-corrected chi connectivity index (χ1v) is 3.66. The van der Waals surface area contributed by atoms with Gasteiger partial charge in [-0.25, -0.2) is 4.68 Å². The summed E-state index contributed by atoms with van der Waals surface area (Å²) < 4.78 is 1.14. The Morgan fingerprint density at radius 2 is 2.50 bits per heavy atom. The van der Waals surface area contributed by atoms with Crippen molar-refractivity contribution in [1.29, 1.82) is 5.26 Å². The van der Waals surface area contributed by atoms with Gasteiger partial charge in [0, 0.05) is 17.7 Å². The van der Waals surface area contributed by atoms with Crippen LogP contribution in [0.15, 0.2) is 28.9 Å². The van der Waals surface area contributed by atoms with Crippen LogP contribution in [0, 0.1) is 11.3 Å². The molecule has 0 saturated carbocycles. The first-order valence-electron chi connectivity index (χ1n) is 3.66. The fourth-order valence-electron chi connectivity index (χ4n) is 0.868. The second-order valence-electron chi connectivity index (χ2n) is 2.63. The van der Waals surface area contributed by atoms with Gasteiger partial charge >= 0.3 is 5.91 Å². The molecule has 0 radical (unpaired) electrons. The van der Waals surface area contributed by atoms with Crippen LogP contribution in [0.4, 0.5) is 0 Å². The molecule has 0 spiro atoms. The fraction of sp³-hybridized carbons (Fsp3) is 0.286. The molecule has 7 heteroatoms. The van der Waals surface area contributed by atoms with Gasteiger partial charge in [0.2, 0.25) is 5.54 Å². The monoisotopic (exact) mass is 193 g/mol. The summed E-state index contributed by atoms with van der Waals surface area (Å²) in [6.45, 7) is 1.33. The Balaban J connectivity index is 3.12. The van der Waals surface area contributed by atoms with Crippen LogP contribution in [0.1, 0.15) is 6.92 Å². The Labute approximate surface area is 79.2 Å². The number of nitrogens with zero attached hydrogens (tertiary/aromatic N) is 5. The standard InChI is InChI=1S/C7H7N5O2/c1-7(5-8,6(13)10-11-14)12-4-2-3-9-12/h2-4H,1H3,(H,10,13,14). The zero-order chi connectivity index (χ0) is 10.6. The van der Waals surface area contributed by atoms with Crippen LogP contribution in [0.5, 0.6) is 0 Å². The minimum atomic E-state index is -1.57. The Morgan fingerprint density at radius 1 is 1.79 bits per heavy atom. The van der Waals surface area contributed by atoms with Crippen molar-refractivity contribution in [2.45, 2.75) is 12.5 Å². The Hall–Kier alpha value is -2.23. The number of rotatable bonds is 2. The maximum absolute atomic E-state index is 11.3. The minimum absolute atomic E-state index is 0.883. The maximum Gasteiger partial charge on any atom is 0.309 e. The van der Waals surface area contributed by atoms with E-state index in [4.69, 9.17) is 10.5 Å². The van der Waals surface area contributed by atoms with Crippen LogP contribution in [0.25, 0.3) is 0 Å². The van der Waals surface area contributed by atoms with Crippen LogP contribution in [0.3, 0.4) is 0 Å². The van der Waals surface area contributed by atoms with Gasteiger partial charge in [0.25, 0.3) is 0 Å². The van der Waals surface area contributed by atoms with Crippen LogP contribution >= 0.6 is 0 Å². The van der Waals surface area contributed by atoms with E-state index in [1.54, 1.807) is 12.1 Å². The lowest BCUT2D eigenvalue weighted by atomic mass is 10.1. The third-order valence-corrected chi connectivity index (χ3v) is 1.73. The summed E-state index contributed by atoms with van der Waals surface area (Å²) in [6.07, 6.45) is 2.88. The number of carbonyl (C=O) groups is 1. The number of hydrogen-bond donors (Lipinski definition) is 1. The second kappa shape index (κ2) is 3.66. The molecule has 0 aliphatic carbocycles. The summed E-state index contributed by atoms with van der Waals surface area (Å²) in [5, 5.41) is 25.9. The van der Waals surface area contributed by atoms with Crippen LogP contribution in [0.2, 0.25) is 0 Å². The molecule has 0 aliphatic heterocycles. The summed E-state index contributed by atoms with van der Waals surface area (Å²) >= 11 is 0. The molecule has 1 N–H and O–H groups in total. The minimum Gasteiger partial charge on any atom is -0.394 e. The third-order valence-electron chi connectivity index (χ3n) is 1.73. The Bertz CT molecular complexity index is 391. The summed E-state index contributed by atoms with van der Waals surface area (Å²) in [5.41, 5.74) is -1.57. The summed E-state index contributed by atoms with van der Waals surface area (Å²) in [4.78, 5) is 11.3. The van der Waals surface area contributed by atoms with Crippen molar-refractivity contribution in [3.8, 4) is 6.07 Å². The highest BCUT2D eigenvalue weighted by Gasteiger charge is 2.36. The van der Waals surface area contributed by atoms with E-state index in [-0.39, 0.29) is 0 Å². The lowest BCUT2D eigenvalue weighted by Crippen LogP contribution is -2.36. The average Bonchev–Trinajstić information content (AvgIpc) is 2.70. The molecule has 14 heavy (non-hydrogen) atoms.